The minimum absolute atomic E-state index is 0.0320. The second kappa shape index (κ2) is 3.20. The quantitative estimate of drug-likeness (QED) is 0.423. The Hall–Kier alpha value is -0.300. The molecule has 0 N–H and O–H groups in total. The Bertz CT molecular complexity index is 163. The van der Waals surface area contributed by atoms with Crippen LogP contribution in [0.25, 0.3) is 0 Å². The van der Waals surface area contributed by atoms with Gasteiger partial charge in [0.05, 0.1) is 5.92 Å². The summed E-state index contributed by atoms with van der Waals surface area (Å²) >= 11 is 5.36. The zero-order chi connectivity index (χ0) is 7.56. The summed E-state index contributed by atoms with van der Waals surface area (Å²) in [7, 11) is 0. The molecule has 1 rings (SSSR count). The summed E-state index contributed by atoms with van der Waals surface area (Å²) < 4.78 is 0. The Morgan fingerprint density at radius 1 is 1.70 bits per heavy atom. The molecular weight excluding hydrogens is 148 g/mol. The van der Waals surface area contributed by atoms with Crippen molar-refractivity contribution in [2.45, 2.75) is 19.8 Å². The van der Waals surface area contributed by atoms with Crippen LogP contribution in [0.15, 0.2) is 12.2 Å². The maximum atomic E-state index is 10.7. The molecule has 2 atom stereocenters. The minimum atomic E-state index is -0.219. The average Bonchev–Trinajstić information content (AvgIpc) is 1.88. The van der Waals surface area contributed by atoms with Gasteiger partial charge in [0.15, 0.2) is 0 Å². The first kappa shape index (κ1) is 7.80. The van der Waals surface area contributed by atoms with Crippen LogP contribution in [0, 0.1) is 11.8 Å². The fraction of sp³-hybridized carbons (Fsp3) is 0.625. The standard InChI is InChI=1S/C8H11ClO/c1-6-4-2-3-5-7(6)8(9)10/h3,5-7H,2,4H2,1H3. The van der Waals surface area contributed by atoms with Crippen molar-refractivity contribution in [3.8, 4) is 0 Å². The van der Waals surface area contributed by atoms with E-state index in [0.717, 1.165) is 12.8 Å². The van der Waals surface area contributed by atoms with Gasteiger partial charge in [-0.2, -0.15) is 0 Å². The highest BCUT2D eigenvalue weighted by Crippen LogP contribution is 2.25. The van der Waals surface area contributed by atoms with E-state index in [9.17, 15) is 4.79 Å². The van der Waals surface area contributed by atoms with E-state index in [2.05, 4.69) is 6.92 Å². The highest BCUT2D eigenvalue weighted by molar-refractivity contribution is 6.64. The van der Waals surface area contributed by atoms with E-state index >= 15 is 0 Å². The lowest BCUT2D eigenvalue weighted by atomic mass is 9.86. The SMILES string of the molecule is CC1CCC=CC1C(=O)Cl. The van der Waals surface area contributed by atoms with Gasteiger partial charge in [-0.3, -0.25) is 4.79 Å². The number of carbonyl (C=O) groups excluding carboxylic acids is 1. The van der Waals surface area contributed by atoms with E-state index in [4.69, 9.17) is 11.6 Å². The van der Waals surface area contributed by atoms with Gasteiger partial charge in [-0.25, -0.2) is 0 Å². The third-order valence-electron chi connectivity index (χ3n) is 2.01. The molecule has 0 radical (unpaired) electrons. The molecular formula is C8H11ClO. The third-order valence-corrected chi connectivity index (χ3v) is 2.26. The first-order chi connectivity index (χ1) is 4.72. The lowest BCUT2D eigenvalue weighted by Crippen LogP contribution is -2.17. The molecule has 0 aromatic rings. The molecule has 2 unspecified atom stereocenters. The number of hydrogen-bond donors (Lipinski definition) is 0. The van der Waals surface area contributed by atoms with Crippen LogP contribution in [-0.2, 0) is 4.79 Å². The molecule has 0 bridgehead atoms. The van der Waals surface area contributed by atoms with Gasteiger partial charge in [-0.1, -0.05) is 19.1 Å². The predicted molar refractivity (Wildman–Crippen MR) is 41.9 cm³/mol. The lowest BCUT2D eigenvalue weighted by molar-refractivity contribution is -0.115. The Morgan fingerprint density at radius 3 is 2.80 bits per heavy atom. The van der Waals surface area contributed by atoms with Crippen LogP contribution in [0.1, 0.15) is 19.8 Å². The molecule has 10 heavy (non-hydrogen) atoms. The minimum Gasteiger partial charge on any atom is -0.281 e. The zero-order valence-electron chi connectivity index (χ0n) is 6.01. The fourth-order valence-electron chi connectivity index (χ4n) is 1.27. The Labute approximate surface area is 66.1 Å². The average molecular weight is 159 g/mol. The molecule has 1 nitrogen and oxygen atoms in total. The molecule has 0 aromatic heterocycles. The van der Waals surface area contributed by atoms with Crippen molar-refractivity contribution < 1.29 is 4.79 Å². The topological polar surface area (TPSA) is 17.1 Å². The third kappa shape index (κ3) is 1.60. The summed E-state index contributed by atoms with van der Waals surface area (Å²) in [5, 5.41) is -0.219. The number of allylic oxidation sites excluding steroid dienone is 2. The number of rotatable bonds is 1. The summed E-state index contributed by atoms with van der Waals surface area (Å²) in [4.78, 5) is 10.7. The molecule has 1 aliphatic carbocycles. The maximum absolute atomic E-state index is 10.7. The van der Waals surface area contributed by atoms with Gasteiger partial charge >= 0.3 is 0 Å². The summed E-state index contributed by atoms with van der Waals surface area (Å²) in [5.41, 5.74) is 0. The van der Waals surface area contributed by atoms with Crippen LogP contribution in [-0.4, -0.2) is 5.24 Å². The zero-order valence-corrected chi connectivity index (χ0v) is 6.77. The summed E-state index contributed by atoms with van der Waals surface area (Å²) in [6.07, 6.45) is 6.12. The van der Waals surface area contributed by atoms with Gasteiger partial charge in [0.25, 0.3) is 0 Å². The van der Waals surface area contributed by atoms with E-state index in [0.29, 0.717) is 5.92 Å². The van der Waals surface area contributed by atoms with Crippen molar-refractivity contribution in [2.24, 2.45) is 11.8 Å². The predicted octanol–water partition coefficient (Wildman–Crippen LogP) is 2.35. The Balaban J connectivity index is 2.64. The van der Waals surface area contributed by atoms with E-state index in [-0.39, 0.29) is 11.2 Å². The molecule has 0 fully saturated rings. The van der Waals surface area contributed by atoms with Gasteiger partial charge in [0, 0.05) is 0 Å². The van der Waals surface area contributed by atoms with Crippen molar-refractivity contribution in [1.29, 1.82) is 0 Å². The van der Waals surface area contributed by atoms with Crippen molar-refractivity contribution in [2.75, 3.05) is 0 Å². The second-order valence-electron chi connectivity index (χ2n) is 2.81. The normalized spacial score (nSPS) is 32.2. The molecule has 1 aliphatic rings. The molecule has 0 spiro atoms. The van der Waals surface area contributed by atoms with Crippen LogP contribution in [0.4, 0.5) is 0 Å². The second-order valence-corrected chi connectivity index (χ2v) is 3.19. The molecule has 2 heteroatoms. The molecule has 0 saturated carbocycles. The first-order valence-electron chi connectivity index (χ1n) is 3.58. The molecule has 0 amide bonds. The van der Waals surface area contributed by atoms with Crippen molar-refractivity contribution >= 4 is 16.8 Å². The lowest BCUT2D eigenvalue weighted by Gasteiger charge is -2.19. The highest BCUT2D eigenvalue weighted by Gasteiger charge is 2.22. The van der Waals surface area contributed by atoms with Crippen molar-refractivity contribution in [3.05, 3.63) is 12.2 Å². The highest BCUT2D eigenvalue weighted by atomic mass is 35.5. The molecule has 0 aromatic carbocycles. The summed E-state index contributed by atoms with van der Waals surface area (Å²) in [5.74, 6) is 0.394. The fourth-order valence-corrected chi connectivity index (χ4v) is 1.56. The van der Waals surface area contributed by atoms with E-state index < -0.39 is 0 Å². The van der Waals surface area contributed by atoms with E-state index in [1.54, 1.807) is 0 Å². The summed E-state index contributed by atoms with van der Waals surface area (Å²) in [6.45, 7) is 2.06. The van der Waals surface area contributed by atoms with Gasteiger partial charge in [0.2, 0.25) is 5.24 Å². The van der Waals surface area contributed by atoms with Crippen LogP contribution in [0.2, 0.25) is 0 Å². The molecule has 0 saturated heterocycles. The van der Waals surface area contributed by atoms with Crippen LogP contribution >= 0.6 is 11.6 Å². The van der Waals surface area contributed by atoms with E-state index in [1.807, 2.05) is 12.2 Å². The molecule has 0 aliphatic heterocycles. The van der Waals surface area contributed by atoms with Gasteiger partial charge in [-0.05, 0) is 30.4 Å². The van der Waals surface area contributed by atoms with Gasteiger partial charge in [-0.15, -0.1) is 0 Å². The largest absolute Gasteiger partial charge is 0.281 e. The molecule has 0 heterocycles. The first-order valence-corrected chi connectivity index (χ1v) is 3.95. The maximum Gasteiger partial charge on any atom is 0.228 e. The van der Waals surface area contributed by atoms with Gasteiger partial charge < -0.3 is 0 Å². The smallest absolute Gasteiger partial charge is 0.228 e. The van der Waals surface area contributed by atoms with Crippen LogP contribution in [0.5, 0.6) is 0 Å². The van der Waals surface area contributed by atoms with Crippen molar-refractivity contribution in [1.82, 2.24) is 0 Å². The summed E-state index contributed by atoms with van der Waals surface area (Å²) in [6, 6.07) is 0. The monoisotopic (exact) mass is 158 g/mol. The van der Waals surface area contributed by atoms with Crippen LogP contribution < -0.4 is 0 Å². The van der Waals surface area contributed by atoms with Crippen LogP contribution in [0.3, 0.4) is 0 Å². The number of carbonyl (C=O) groups is 1. The number of hydrogen-bond acceptors (Lipinski definition) is 1. The van der Waals surface area contributed by atoms with Gasteiger partial charge in [0.1, 0.15) is 0 Å². The van der Waals surface area contributed by atoms with Crippen molar-refractivity contribution in [3.63, 3.8) is 0 Å². The number of halogens is 1. The molecule has 56 valence electrons. The van der Waals surface area contributed by atoms with E-state index in [1.165, 1.54) is 0 Å². The Morgan fingerprint density at radius 2 is 2.40 bits per heavy atom. The Kier molecular flexibility index (Phi) is 2.50.